The summed E-state index contributed by atoms with van der Waals surface area (Å²) in [5, 5.41) is 6.44. The van der Waals surface area contributed by atoms with Crippen molar-refractivity contribution < 1.29 is 0 Å². The maximum Gasteiger partial charge on any atom is 0.183 e. The number of allylic oxidation sites excluding steroid dienone is 3. The van der Waals surface area contributed by atoms with E-state index in [0.717, 1.165) is 29.3 Å². The molecule has 2 fully saturated rings. The van der Waals surface area contributed by atoms with Gasteiger partial charge >= 0.3 is 0 Å². The number of aromatic nitrogens is 1. The third-order valence-electron chi connectivity index (χ3n) is 8.01. The first-order valence-corrected chi connectivity index (χ1v) is 14.9. The number of aryl methyl sites for hydroxylation is 1. The van der Waals surface area contributed by atoms with Crippen LogP contribution in [0.1, 0.15) is 48.9 Å². The van der Waals surface area contributed by atoms with Gasteiger partial charge in [0.2, 0.25) is 0 Å². The Kier molecular flexibility index (Phi) is 5.70. The van der Waals surface area contributed by atoms with Crippen LogP contribution in [0.4, 0.5) is 5.13 Å². The molecule has 2 aromatic carbocycles. The van der Waals surface area contributed by atoms with E-state index in [-0.39, 0.29) is 0 Å². The summed E-state index contributed by atoms with van der Waals surface area (Å²) in [6.45, 7) is 5.40. The molecule has 0 amide bonds. The van der Waals surface area contributed by atoms with E-state index < -0.39 is 0 Å². The van der Waals surface area contributed by atoms with E-state index >= 15 is 0 Å². The topological polar surface area (TPSA) is 40.5 Å². The molecular weight excluding hydrogens is 480 g/mol. The van der Waals surface area contributed by atoms with Gasteiger partial charge in [-0.05, 0) is 79.3 Å². The Hall–Kier alpha value is -2.57. The standard InChI is InChI=1S/C30H32N4S2/c1-18-7-12-25-26(15-18)35-29(33-25)31-14-13-20-8-9-22(16-19(20)2)32-30-34(23-10-11-23)28-24-6-4-3-5-21(24)17-27(28)36-30/h3-9,12,15-16,19-20,23,27-28H,10-11,13-14,17H2,1-2H3,(H,31,33)/t19?,20?,27?,28-/m0/s1. The normalized spacial score (nSPS) is 28.0. The number of anilines is 1. The van der Waals surface area contributed by atoms with Crippen molar-refractivity contribution in [2.75, 3.05) is 11.9 Å². The molecule has 1 N–H and O–H groups in total. The lowest BCUT2D eigenvalue weighted by atomic mass is 9.86. The van der Waals surface area contributed by atoms with Crippen molar-refractivity contribution in [3.05, 3.63) is 83.1 Å². The molecule has 1 aliphatic heterocycles. The smallest absolute Gasteiger partial charge is 0.183 e. The van der Waals surface area contributed by atoms with Crippen LogP contribution in [0.3, 0.4) is 0 Å². The molecule has 0 radical (unpaired) electrons. The molecule has 4 nitrogen and oxygen atoms in total. The number of benzene rings is 2. The Bertz CT molecular complexity index is 1400. The highest BCUT2D eigenvalue weighted by atomic mass is 32.2. The molecule has 36 heavy (non-hydrogen) atoms. The average Bonchev–Trinajstić information content (AvgIpc) is 3.38. The summed E-state index contributed by atoms with van der Waals surface area (Å²) in [5.41, 5.74) is 6.57. The SMILES string of the molecule is Cc1ccc2nc(NCCC3C=CC(N=C4SC5Cc6ccccc6[C@@H]5N4C4CC4)=CC3C)sc2c1. The molecular formula is C30H32N4S2. The number of hydrogen-bond acceptors (Lipinski definition) is 5. The van der Waals surface area contributed by atoms with Crippen LogP contribution >= 0.6 is 23.1 Å². The minimum Gasteiger partial charge on any atom is -0.361 e. The number of rotatable bonds is 6. The largest absolute Gasteiger partial charge is 0.361 e. The van der Waals surface area contributed by atoms with E-state index in [1.165, 1.54) is 45.8 Å². The molecule has 0 spiro atoms. The van der Waals surface area contributed by atoms with Crippen LogP contribution in [0.5, 0.6) is 0 Å². The summed E-state index contributed by atoms with van der Waals surface area (Å²) in [4.78, 5) is 12.6. The Morgan fingerprint density at radius 3 is 2.92 bits per heavy atom. The highest BCUT2D eigenvalue weighted by molar-refractivity contribution is 8.14. The van der Waals surface area contributed by atoms with E-state index in [2.05, 4.69) is 84.8 Å². The molecule has 3 unspecified atom stereocenters. The fourth-order valence-corrected chi connectivity index (χ4v) is 8.42. The Labute approximate surface area is 221 Å². The zero-order chi connectivity index (χ0) is 24.2. The van der Waals surface area contributed by atoms with Crippen LogP contribution in [-0.2, 0) is 6.42 Å². The number of aliphatic imine (C=N–C) groups is 1. The summed E-state index contributed by atoms with van der Waals surface area (Å²) >= 11 is 3.76. The van der Waals surface area contributed by atoms with Crippen LogP contribution in [-0.4, -0.2) is 32.9 Å². The molecule has 0 bridgehead atoms. The number of hydrogen-bond donors (Lipinski definition) is 1. The van der Waals surface area contributed by atoms with Gasteiger partial charge in [0.05, 0.1) is 22.0 Å². The highest BCUT2D eigenvalue weighted by Crippen LogP contribution is 2.53. The summed E-state index contributed by atoms with van der Waals surface area (Å²) in [5.74, 6) is 1.01. The molecule has 4 aliphatic rings. The molecule has 3 aromatic rings. The van der Waals surface area contributed by atoms with Crippen LogP contribution in [0.25, 0.3) is 10.2 Å². The third kappa shape index (κ3) is 4.18. The van der Waals surface area contributed by atoms with Crippen LogP contribution < -0.4 is 5.32 Å². The van der Waals surface area contributed by atoms with Crippen molar-refractivity contribution in [1.29, 1.82) is 0 Å². The number of amidine groups is 1. The Balaban J connectivity index is 1.01. The predicted octanol–water partition coefficient (Wildman–Crippen LogP) is 7.35. The van der Waals surface area contributed by atoms with Gasteiger partial charge in [0.15, 0.2) is 10.3 Å². The van der Waals surface area contributed by atoms with E-state index in [1.807, 2.05) is 11.8 Å². The van der Waals surface area contributed by atoms with Crippen molar-refractivity contribution in [2.24, 2.45) is 16.8 Å². The second kappa shape index (κ2) is 9.07. The molecule has 184 valence electrons. The van der Waals surface area contributed by atoms with Gasteiger partial charge in [-0.2, -0.15) is 0 Å². The van der Waals surface area contributed by atoms with Crippen LogP contribution in [0, 0.1) is 18.8 Å². The summed E-state index contributed by atoms with van der Waals surface area (Å²) in [6, 6.07) is 16.7. The van der Waals surface area contributed by atoms with Gasteiger partial charge in [0.25, 0.3) is 0 Å². The second-order valence-corrected chi connectivity index (χ2v) is 13.0. The number of fused-ring (bicyclic) bond motifs is 4. The lowest BCUT2D eigenvalue weighted by Gasteiger charge is -2.27. The van der Waals surface area contributed by atoms with Gasteiger partial charge in [-0.15, -0.1) is 0 Å². The summed E-state index contributed by atoms with van der Waals surface area (Å²) < 4.78 is 1.26. The fraction of sp³-hybridized carbons (Fsp3) is 0.400. The minimum atomic E-state index is 0.482. The van der Waals surface area contributed by atoms with E-state index in [4.69, 9.17) is 9.98 Å². The van der Waals surface area contributed by atoms with Gasteiger partial charge in [0, 0.05) is 17.8 Å². The quantitative estimate of drug-likeness (QED) is 0.375. The maximum absolute atomic E-state index is 5.23. The second-order valence-electron chi connectivity index (χ2n) is 10.7. The van der Waals surface area contributed by atoms with Crippen LogP contribution in [0.2, 0.25) is 0 Å². The first-order valence-electron chi connectivity index (χ1n) is 13.2. The molecule has 1 aromatic heterocycles. The van der Waals surface area contributed by atoms with E-state index in [0.29, 0.717) is 29.2 Å². The Morgan fingerprint density at radius 1 is 1.17 bits per heavy atom. The fourth-order valence-electron chi connectivity index (χ4n) is 5.95. The molecule has 4 atom stereocenters. The lowest BCUT2D eigenvalue weighted by molar-refractivity contribution is 0.329. The third-order valence-corrected chi connectivity index (χ3v) is 10.2. The van der Waals surface area contributed by atoms with Gasteiger partial charge < -0.3 is 10.2 Å². The molecule has 1 saturated carbocycles. The Morgan fingerprint density at radius 2 is 2.06 bits per heavy atom. The van der Waals surface area contributed by atoms with Crippen molar-refractivity contribution in [3.63, 3.8) is 0 Å². The summed E-state index contributed by atoms with van der Waals surface area (Å²) in [6.07, 6.45) is 11.9. The van der Waals surface area contributed by atoms with Crippen molar-refractivity contribution >= 4 is 43.6 Å². The number of thiazole rings is 1. The van der Waals surface area contributed by atoms with Crippen molar-refractivity contribution in [2.45, 2.75) is 56.9 Å². The number of nitrogens with zero attached hydrogens (tertiary/aromatic N) is 3. The summed E-state index contributed by atoms with van der Waals surface area (Å²) in [7, 11) is 0. The molecule has 6 heteroatoms. The van der Waals surface area contributed by atoms with Crippen molar-refractivity contribution in [3.8, 4) is 0 Å². The molecule has 7 rings (SSSR count). The number of thioether (sulfide) groups is 1. The average molecular weight is 513 g/mol. The molecule has 3 aliphatic carbocycles. The van der Waals surface area contributed by atoms with Gasteiger partial charge in [-0.3, -0.25) is 0 Å². The zero-order valence-electron chi connectivity index (χ0n) is 20.9. The zero-order valence-corrected chi connectivity index (χ0v) is 22.5. The van der Waals surface area contributed by atoms with Crippen molar-refractivity contribution in [1.82, 2.24) is 9.88 Å². The monoisotopic (exact) mass is 512 g/mol. The van der Waals surface area contributed by atoms with Crippen LogP contribution in [0.15, 0.2) is 71.4 Å². The van der Waals surface area contributed by atoms with Gasteiger partial charge in [-0.25, -0.2) is 9.98 Å². The van der Waals surface area contributed by atoms with E-state index in [1.54, 1.807) is 11.3 Å². The molecule has 2 heterocycles. The predicted molar refractivity (Wildman–Crippen MR) is 154 cm³/mol. The lowest BCUT2D eigenvalue weighted by Crippen LogP contribution is -2.30. The minimum absolute atomic E-state index is 0.482. The number of nitrogens with one attached hydrogen (secondary N) is 1. The first-order chi connectivity index (χ1) is 17.6. The highest BCUT2D eigenvalue weighted by Gasteiger charge is 2.50. The van der Waals surface area contributed by atoms with E-state index in [9.17, 15) is 0 Å². The van der Waals surface area contributed by atoms with Gasteiger partial charge in [-0.1, -0.05) is 72.5 Å². The molecule has 1 saturated heterocycles. The maximum atomic E-state index is 5.23. The first kappa shape index (κ1) is 22.6. The van der Waals surface area contributed by atoms with Gasteiger partial charge in [0.1, 0.15) is 0 Å².